The number of hydrogen-bond donors (Lipinski definition) is 1. The Bertz CT molecular complexity index is 758. The first-order chi connectivity index (χ1) is 9.13. The molecule has 0 saturated heterocycles. The summed E-state index contributed by atoms with van der Waals surface area (Å²) in [5.74, 6) is 5.39. The van der Waals surface area contributed by atoms with Crippen LogP contribution in [0.1, 0.15) is 10.4 Å². The van der Waals surface area contributed by atoms with Gasteiger partial charge in [-0.1, -0.05) is 11.8 Å². The van der Waals surface area contributed by atoms with E-state index in [0.29, 0.717) is 6.54 Å². The largest absolute Gasteiger partial charge is 0.384 e. The molecular weight excluding hydrogens is 264 g/mol. The van der Waals surface area contributed by atoms with Crippen molar-refractivity contribution in [2.75, 3.05) is 6.61 Å². The molecule has 1 N–H and O–H groups in total. The molecule has 0 radical (unpaired) electrons. The van der Waals surface area contributed by atoms with Crippen molar-refractivity contribution in [2.24, 2.45) is 7.05 Å². The maximum absolute atomic E-state index is 11.8. The van der Waals surface area contributed by atoms with Crippen molar-refractivity contribution < 1.29 is 5.11 Å². The summed E-state index contributed by atoms with van der Waals surface area (Å²) in [6, 6.07) is 1.83. The molecule has 0 spiro atoms. The lowest BCUT2D eigenvalue weighted by molar-refractivity contribution is 0.350. The summed E-state index contributed by atoms with van der Waals surface area (Å²) < 4.78 is 2.61. The first kappa shape index (κ1) is 13.3. The van der Waals surface area contributed by atoms with Crippen LogP contribution in [0.3, 0.4) is 0 Å². The Labute approximate surface area is 113 Å². The average molecular weight is 276 g/mol. The number of rotatable bonds is 2. The van der Waals surface area contributed by atoms with Crippen LogP contribution >= 0.6 is 11.3 Å². The first-order valence-electron chi connectivity index (χ1n) is 5.55. The lowest BCUT2D eigenvalue weighted by atomic mass is 10.2. The Balaban J connectivity index is 2.38. The van der Waals surface area contributed by atoms with Crippen molar-refractivity contribution in [3.63, 3.8) is 0 Å². The van der Waals surface area contributed by atoms with Gasteiger partial charge >= 0.3 is 11.1 Å². The Hall–Kier alpha value is -2.10. The molecule has 0 saturated carbocycles. The van der Waals surface area contributed by atoms with Gasteiger partial charge in [-0.25, -0.2) is 0 Å². The number of hydrogen-bond acceptors (Lipinski definition) is 4. The minimum absolute atomic E-state index is 0.207. The second-order valence-corrected chi connectivity index (χ2v) is 4.87. The number of aryl methyl sites for hydroxylation is 1. The van der Waals surface area contributed by atoms with Crippen molar-refractivity contribution in [2.45, 2.75) is 6.54 Å². The molecule has 19 heavy (non-hydrogen) atoms. The van der Waals surface area contributed by atoms with Gasteiger partial charge in [0.05, 0.1) is 6.54 Å². The molecule has 6 heteroatoms. The zero-order valence-electron chi connectivity index (χ0n) is 10.3. The number of aliphatic hydroxyl groups excluding tert-OH is 1. The predicted octanol–water partition coefficient (Wildman–Crippen LogP) is 0.000600. The highest BCUT2D eigenvalue weighted by Crippen LogP contribution is 2.16. The van der Waals surface area contributed by atoms with Gasteiger partial charge in [0.2, 0.25) is 0 Å². The van der Waals surface area contributed by atoms with Crippen LogP contribution in [0.5, 0.6) is 0 Å². The second kappa shape index (κ2) is 5.69. The molecule has 0 aliphatic carbocycles. The van der Waals surface area contributed by atoms with Crippen LogP contribution in [-0.2, 0) is 13.6 Å². The van der Waals surface area contributed by atoms with E-state index in [1.807, 2.05) is 11.4 Å². The summed E-state index contributed by atoms with van der Waals surface area (Å²) in [5.41, 5.74) is -0.340. The predicted molar refractivity (Wildman–Crippen MR) is 73.3 cm³/mol. The molecule has 0 atom stereocenters. The molecule has 0 aromatic carbocycles. The molecule has 2 aromatic heterocycles. The molecule has 0 fully saturated rings. The van der Waals surface area contributed by atoms with Gasteiger partial charge < -0.3 is 14.2 Å². The highest BCUT2D eigenvalue weighted by atomic mass is 32.1. The molecule has 98 valence electrons. The first-order valence-corrected chi connectivity index (χ1v) is 6.43. The third-order valence-electron chi connectivity index (χ3n) is 2.60. The Morgan fingerprint density at radius 1 is 1.32 bits per heavy atom. The van der Waals surface area contributed by atoms with Crippen molar-refractivity contribution in [1.29, 1.82) is 0 Å². The molecule has 0 aliphatic heterocycles. The van der Waals surface area contributed by atoms with E-state index in [-0.39, 0.29) is 6.61 Å². The quantitative estimate of drug-likeness (QED) is 0.620. The zero-order chi connectivity index (χ0) is 13.8. The fourth-order valence-electron chi connectivity index (χ4n) is 1.58. The van der Waals surface area contributed by atoms with Gasteiger partial charge in [0.25, 0.3) is 0 Å². The van der Waals surface area contributed by atoms with Crippen LogP contribution in [0.4, 0.5) is 0 Å². The molecule has 5 nitrogen and oxygen atoms in total. The summed E-state index contributed by atoms with van der Waals surface area (Å²) in [5, 5.41) is 10.6. The zero-order valence-corrected chi connectivity index (χ0v) is 11.1. The molecule has 0 aliphatic rings. The van der Waals surface area contributed by atoms with E-state index in [4.69, 9.17) is 5.11 Å². The average Bonchev–Trinajstić information content (AvgIpc) is 2.84. The van der Waals surface area contributed by atoms with E-state index >= 15 is 0 Å². The normalized spacial score (nSPS) is 10.0. The molecule has 2 aromatic rings. The monoisotopic (exact) mass is 276 g/mol. The van der Waals surface area contributed by atoms with E-state index in [0.717, 1.165) is 10.4 Å². The second-order valence-electron chi connectivity index (χ2n) is 3.86. The number of aliphatic hydroxyl groups is 1. The number of aromatic nitrogens is 2. The summed E-state index contributed by atoms with van der Waals surface area (Å²) >= 11 is 1.46. The fourth-order valence-corrected chi connectivity index (χ4v) is 2.41. The summed E-state index contributed by atoms with van der Waals surface area (Å²) in [7, 11) is 1.54. The Kier molecular flexibility index (Phi) is 4.00. The van der Waals surface area contributed by atoms with Gasteiger partial charge in [-0.3, -0.25) is 9.59 Å². The third kappa shape index (κ3) is 2.84. The topological polar surface area (TPSA) is 64.2 Å². The maximum atomic E-state index is 11.8. The third-order valence-corrected chi connectivity index (χ3v) is 3.50. The van der Waals surface area contributed by atoms with Gasteiger partial charge in [0.1, 0.15) is 6.61 Å². The SMILES string of the molecule is Cn1ccn(Cc2sccc2C#CCO)c(=O)c1=O. The van der Waals surface area contributed by atoms with Gasteiger partial charge in [0, 0.05) is 29.9 Å². The summed E-state index contributed by atoms with van der Waals surface area (Å²) in [6.45, 7) is 0.100. The van der Waals surface area contributed by atoms with Crippen LogP contribution in [0.2, 0.25) is 0 Å². The molecule has 0 unspecified atom stereocenters. The van der Waals surface area contributed by atoms with Crippen molar-refractivity contribution in [3.8, 4) is 11.8 Å². The fraction of sp³-hybridized carbons (Fsp3) is 0.231. The van der Waals surface area contributed by atoms with Crippen molar-refractivity contribution in [1.82, 2.24) is 9.13 Å². The summed E-state index contributed by atoms with van der Waals surface area (Å²) in [4.78, 5) is 24.2. The highest BCUT2D eigenvalue weighted by molar-refractivity contribution is 7.10. The van der Waals surface area contributed by atoms with E-state index in [1.165, 1.54) is 27.5 Å². The lowest BCUT2D eigenvalue weighted by Gasteiger charge is -2.05. The van der Waals surface area contributed by atoms with Gasteiger partial charge in [-0.15, -0.1) is 11.3 Å². The summed E-state index contributed by atoms with van der Waals surface area (Å²) in [6.07, 6.45) is 3.13. The van der Waals surface area contributed by atoms with Crippen LogP contribution in [0.15, 0.2) is 33.4 Å². The molecular formula is C13H12N2O3S. The van der Waals surface area contributed by atoms with Crippen LogP contribution < -0.4 is 11.1 Å². The minimum Gasteiger partial charge on any atom is -0.384 e. The smallest absolute Gasteiger partial charge is 0.316 e. The molecule has 0 bridgehead atoms. The van der Waals surface area contributed by atoms with Crippen LogP contribution in [-0.4, -0.2) is 20.8 Å². The standard InChI is InChI=1S/C13H12N2O3S/c1-14-5-6-15(13(18)12(14)17)9-11-10(3-2-7-16)4-8-19-11/h4-6,8,16H,7,9H2,1H3. The minimum atomic E-state index is -0.556. The Morgan fingerprint density at radius 2 is 2.11 bits per heavy atom. The van der Waals surface area contributed by atoms with Crippen LogP contribution in [0.25, 0.3) is 0 Å². The maximum Gasteiger partial charge on any atom is 0.316 e. The van der Waals surface area contributed by atoms with Crippen molar-refractivity contribution in [3.05, 3.63) is 55.0 Å². The molecule has 0 amide bonds. The van der Waals surface area contributed by atoms with E-state index < -0.39 is 11.1 Å². The number of nitrogens with zero attached hydrogens (tertiary/aromatic N) is 2. The van der Waals surface area contributed by atoms with Gasteiger partial charge in [0.15, 0.2) is 0 Å². The van der Waals surface area contributed by atoms with Crippen molar-refractivity contribution >= 4 is 11.3 Å². The van der Waals surface area contributed by atoms with Gasteiger partial charge in [-0.2, -0.15) is 0 Å². The highest BCUT2D eigenvalue weighted by Gasteiger charge is 2.07. The van der Waals surface area contributed by atoms with E-state index in [9.17, 15) is 9.59 Å². The van der Waals surface area contributed by atoms with Gasteiger partial charge in [-0.05, 0) is 11.4 Å². The van der Waals surface area contributed by atoms with E-state index in [1.54, 1.807) is 12.4 Å². The molecule has 2 rings (SSSR count). The Morgan fingerprint density at radius 3 is 2.84 bits per heavy atom. The molecule has 2 heterocycles. The lowest BCUT2D eigenvalue weighted by Crippen LogP contribution is -2.39. The number of thiophene rings is 1. The van der Waals surface area contributed by atoms with E-state index in [2.05, 4.69) is 11.8 Å². The van der Waals surface area contributed by atoms with Crippen LogP contribution in [0, 0.1) is 11.8 Å².